The van der Waals surface area contributed by atoms with Gasteiger partial charge in [0.15, 0.2) is 0 Å². The first kappa shape index (κ1) is 36.8. The molecule has 7 aromatic rings. The predicted octanol–water partition coefficient (Wildman–Crippen LogP) is 12.4. The van der Waals surface area contributed by atoms with Gasteiger partial charge in [-0.05, 0) is 0 Å². The maximum absolute atomic E-state index is 14.1. The molecule has 0 aliphatic rings. The molecule has 0 spiro atoms. The molecule has 0 aliphatic carbocycles. The van der Waals surface area contributed by atoms with Crippen LogP contribution in [0.1, 0.15) is 0 Å². The quantitative estimate of drug-likeness (QED) is 0.0825. The van der Waals surface area contributed by atoms with Crippen molar-refractivity contribution >= 4 is 54.4 Å². The van der Waals surface area contributed by atoms with Gasteiger partial charge in [0.25, 0.3) is 0 Å². The van der Waals surface area contributed by atoms with Crippen molar-refractivity contribution in [1.82, 2.24) is 0 Å². The van der Waals surface area contributed by atoms with Gasteiger partial charge in [0, 0.05) is 0 Å². The van der Waals surface area contributed by atoms with Crippen molar-refractivity contribution in [2.75, 3.05) is 0 Å². The molecule has 0 saturated heterocycles. The van der Waals surface area contributed by atoms with Gasteiger partial charge in [0.1, 0.15) is 0 Å². The molecule has 0 amide bonds. The van der Waals surface area contributed by atoms with Crippen LogP contribution in [0.3, 0.4) is 0 Å². The van der Waals surface area contributed by atoms with Gasteiger partial charge in [-0.3, -0.25) is 0 Å². The fraction of sp³-hybridized carbons (Fsp3) is 0.0909. The van der Waals surface area contributed by atoms with Crippen LogP contribution >= 0.6 is 20.2 Å². The number of rotatable bonds is 9. The first-order valence-electron chi connectivity index (χ1n) is 17.0. The molecule has 0 unspecified atom stereocenters. The van der Waals surface area contributed by atoms with Crippen LogP contribution in [0.4, 0.5) is 13.2 Å². The summed E-state index contributed by atoms with van der Waals surface area (Å²) in [6.07, 6.45) is 0. The zero-order chi connectivity index (χ0) is 37.4. The van der Waals surface area contributed by atoms with Crippen LogP contribution in [0.5, 0.6) is 0 Å². The average Bonchev–Trinajstić information content (AvgIpc) is 3.16. The van der Waals surface area contributed by atoms with E-state index in [4.69, 9.17) is 2.51 Å². The Morgan fingerprint density at radius 1 is 0.509 bits per heavy atom. The first-order valence-corrected chi connectivity index (χ1v) is 25.0. The summed E-state index contributed by atoms with van der Waals surface area (Å²) in [6.45, 7) is 6.39. The molecule has 0 fully saturated rings. The zero-order valence-electron chi connectivity index (χ0n) is 29.2. The van der Waals surface area contributed by atoms with Gasteiger partial charge in [-0.25, -0.2) is 0 Å². The van der Waals surface area contributed by atoms with Crippen molar-refractivity contribution in [2.45, 2.75) is 25.1 Å². The Morgan fingerprint density at radius 3 is 1.21 bits per heavy atom. The summed E-state index contributed by atoms with van der Waals surface area (Å²) in [5.74, 6) is 0. The average molecular weight is 857 g/mol. The summed E-state index contributed by atoms with van der Waals surface area (Å²) in [5.41, 5.74) is 2.18. The molecule has 0 saturated carbocycles. The van der Waals surface area contributed by atoms with E-state index in [-0.39, 0.29) is 0 Å². The molecule has 0 radical (unpaired) electrons. The Balaban J connectivity index is 1.75. The van der Waals surface area contributed by atoms with Gasteiger partial charge in [0.05, 0.1) is 0 Å². The number of alkyl halides is 3. The summed E-state index contributed by atoms with van der Waals surface area (Å²) in [7, 11) is -8.35. The monoisotopic (exact) mass is 856 g/mol. The number of halogens is 4. The van der Waals surface area contributed by atoms with E-state index >= 15 is 0 Å². The Labute approximate surface area is 317 Å². The van der Waals surface area contributed by atoms with E-state index in [1.54, 1.807) is 30.3 Å². The normalized spacial score (nSPS) is 12.5. The van der Waals surface area contributed by atoms with Crippen molar-refractivity contribution in [1.29, 1.82) is 0 Å². The molecule has 53 heavy (non-hydrogen) atoms. The summed E-state index contributed by atoms with van der Waals surface area (Å²) >= 11 is -3.82. The molecule has 0 atom stereocenters. The topological polar surface area (TPSA) is 43.4 Å². The van der Waals surface area contributed by atoms with Gasteiger partial charge in [0.2, 0.25) is 0 Å². The standard InChI is InChI=1S/C44H36F3IO3SSi/c1-53(2,3)39-30-37-36(29-38(39)48(35-27-17-8-18-28-35)51-52(49,50)44(45,46)47)40(31-19-9-4-10-20-31)42(33-23-13-6-14-24-33)43(34-25-15-7-16-26-34)41(37)32-21-11-5-12-22-32/h4-30H,1-3H3. The first-order chi connectivity index (χ1) is 25.3. The van der Waals surface area contributed by atoms with Crippen molar-refractivity contribution < 1.29 is 24.1 Å². The van der Waals surface area contributed by atoms with Gasteiger partial charge in [-0.15, -0.1) is 0 Å². The molecule has 0 heterocycles. The minimum atomic E-state index is -5.93. The van der Waals surface area contributed by atoms with Crippen molar-refractivity contribution in [2.24, 2.45) is 0 Å². The number of hydrogen-bond donors (Lipinski definition) is 0. The molecule has 268 valence electrons. The summed E-state index contributed by atoms with van der Waals surface area (Å²) in [5, 5.41) is 2.59. The molecule has 7 aromatic carbocycles. The third-order valence-electron chi connectivity index (χ3n) is 9.00. The van der Waals surface area contributed by atoms with Gasteiger partial charge in [-0.1, -0.05) is 0 Å². The van der Waals surface area contributed by atoms with Crippen LogP contribution in [-0.2, 0) is 12.6 Å². The molecule has 3 nitrogen and oxygen atoms in total. The number of fused-ring (bicyclic) bond motifs is 1. The SMILES string of the molecule is C[Si](C)(C)c1cc2c(-c3ccccc3)c(-c3ccccc3)c(-c3ccccc3)c(-c3ccccc3)c2cc1I(OS(=O)(=O)C(F)(F)F)c1ccccc1. The molecule has 0 N–H and O–H groups in total. The second-order valence-corrected chi connectivity index (χ2v) is 25.0. The maximum atomic E-state index is 14.1. The molecule has 0 bridgehead atoms. The van der Waals surface area contributed by atoms with Gasteiger partial charge in [-0.2, -0.15) is 0 Å². The van der Waals surface area contributed by atoms with Gasteiger partial charge >= 0.3 is 319 Å². The van der Waals surface area contributed by atoms with Crippen LogP contribution < -0.4 is 5.19 Å². The summed E-state index contributed by atoms with van der Waals surface area (Å²) in [4.78, 5) is 0. The second kappa shape index (κ2) is 14.7. The molecule has 9 heteroatoms. The van der Waals surface area contributed by atoms with Crippen LogP contribution in [0.2, 0.25) is 19.6 Å². The van der Waals surface area contributed by atoms with E-state index in [1.807, 2.05) is 91.0 Å². The van der Waals surface area contributed by atoms with Crippen LogP contribution in [-0.4, -0.2) is 22.0 Å². The minimum absolute atomic E-state index is 0.456. The number of benzene rings is 7. The van der Waals surface area contributed by atoms with E-state index in [0.29, 0.717) is 7.14 Å². The third kappa shape index (κ3) is 7.35. The fourth-order valence-electron chi connectivity index (χ4n) is 6.65. The second-order valence-electron chi connectivity index (χ2n) is 13.6. The summed E-state index contributed by atoms with van der Waals surface area (Å²) < 4.78 is 74.6. The van der Waals surface area contributed by atoms with E-state index in [2.05, 4.69) is 62.1 Å². The fourth-order valence-corrected chi connectivity index (χ4v) is 17.7. The van der Waals surface area contributed by atoms with Crippen LogP contribution in [0, 0.1) is 7.14 Å². The van der Waals surface area contributed by atoms with E-state index in [1.165, 1.54) is 0 Å². The Morgan fingerprint density at radius 2 is 0.849 bits per heavy atom. The molecular formula is C44H36F3IO3SSi. The Kier molecular flexibility index (Phi) is 10.2. The van der Waals surface area contributed by atoms with Crippen molar-refractivity contribution in [3.05, 3.63) is 171 Å². The van der Waals surface area contributed by atoms with Crippen molar-refractivity contribution in [3.8, 4) is 44.5 Å². The molecule has 0 aliphatic heterocycles. The molecule has 7 rings (SSSR count). The zero-order valence-corrected chi connectivity index (χ0v) is 33.2. The van der Waals surface area contributed by atoms with E-state index in [9.17, 15) is 21.6 Å². The predicted molar refractivity (Wildman–Crippen MR) is 223 cm³/mol. The van der Waals surface area contributed by atoms with Crippen molar-refractivity contribution in [3.63, 3.8) is 0 Å². The number of hydrogen-bond acceptors (Lipinski definition) is 3. The van der Waals surface area contributed by atoms with E-state index < -0.39 is 43.9 Å². The van der Waals surface area contributed by atoms with Crippen LogP contribution in [0.15, 0.2) is 164 Å². The van der Waals surface area contributed by atoms with Gasteiger partial charge < -0.3 is 0 Å². The van der Waals surface area contributed by atoms with Crippen LogP contribution in [0.25, 0.3) is 55.3 Å². The van der Waals surface area contributed by atoms with E-state index in [0.717, 1.165) is 60.5 Å². The molecule has 0 aromatic heterocycles. The molecular weight excluding hydrogens is 821 g/mol. The summed E-state index contributed by atoms with van der Waals surface area (Å²) in [6, 6.07) is 53.2. The third-order valence-corrected chi connectivity index (χ3v) is 18.7. The Bertz CT molecular complexity index is 2490. The Hall–Kier alpha value is -4.55.